The number of aromatic nitrogens is 2. The Labute approximate surface area is 92.9 Å². The molecule has 2 unspecified atom stereocenters. The van der Waals surface area contributed by atoms with Gasteiger partial charge in [-0.1, -0.05) is 6.92 Å². The molecule has 2 atom stereocenters. The largest absolute Gasteiger partial charge is 0.451 e. The van der Waals surface area contributed by atoms with Gasteiger partial charge in [-0.25, -0.2) is 9.97 Å². The van der Waals surface area contributed by atoms with E-state index in [9.17, 15) is 9.90 Å². The zero-order valence-corrected chi connectivity index (χ0v) is 8.91. The van der Waals surface area contributed by atoms with Crippen molar-refractivity contribution in [2.45, 2.75) is 25.6 Å². The fourth-order valence-electron chi connectivity index (χ4n) is 1.08. The third-order valence-corrected chi connectivity index (χ3v) is 1.92. The highest BCUT2D eigenvalue weighted by Gasteiger charge is 2.26. The van der Waals surface area contributed by atoms with Crippen LogP contribution in [-0.2, 0) is 9.53 Å². The van der Waals surface area contributed by atoms with Gasteiger partial charge in [0.1, 0.15) is 6.10 Å². The number of carbonyl (C=O) groups excluding carboxylic acids is 1. The van der Waals surface area contributed by atoms with Crippen LogP contribution in [0.2, 0.25) is 0 Å². The van der Waals surface area contributed by atoms with Crippen LogP contribution in [0.4, 0.5) is 0 Å². The van der Waals surface area contributed by atoms with E-state index in [1.165, 1.54) is 12.4 Å². The molecule has 0 spiro atoms. The second-order valence-corrected chi connectivity index (χ2v) is 3.12. The van der Waals surface area contributed by atoms with Gasteiger partial charge in [0.15, 0.2) is 11.9 Å². The monoisotopic (exact) mass is 226 g/mol. The molecule has 0 aliphatic rings. The van der Waals surface area contributed by atoms with Crippen molar-refractivity contribution in [3.05, 3.63) is 24.3 Å². The highest BCUT2D eigenvalue weighted by Crippen LogP contribution is 2.17. The quantitative estimate of drug-likeness (QED) is 0.677. The average Bonchev–Trinajstić information content (AvgIpc) is 2.35. The van der Waals surface area contributed by atoms with Gasteiger partial charge in [0.05, 0.1) is 6.61 Å². The molecular weight excluding hydrogens is 212 g/mol. The Morgan fingerprint density at radius 2 is 2.12 bits per heavy atom. The van der Waals surface area contributed by atoms with Crippen molar-refractivity contribution < 1.29 is 19.7 Å². The first-order valence-electron chi connectivity index (χ1n) is 4.94. The van der Waals surface area contributed by atoms with E-state index in [-0.39, 0.29) is 12.2 Å². The maximum absolute atomic E-state index is 11.1. The van der Waals surface area contributed by atoms with Crippen LogP contribution >= 0.6 is 0 Å². The summed E-state index contributed by atoms with van der Waals surface area (Å²) in [6.07, 6.45) is 0.872. The number of hydrogen-bond acceptors (Lipinski definition) is 6. The first kappa shape index (κ1) is 12.5. The SMILES string of the molecule is CCC(=O)OC(c1ncccn1)C(O)CO. The van der Waals surface area contributed by atoms with Gasteiger partial charge in [0, 0.05) is 18.8 Å². The van der Waals surface area contributed by atoms with Crippen LogP contribution in [0.3, 0.4) is 0 Å². The zero-order valence-electron chi connectivity index (χ0n) is 8.91. The summed E-state index contributed by atoms with van der Waals surface area (Å²) in [4.78, 5) is 18.9. The molecule has 0 saturated carbocycles. The number of carbonyl (C=O) groups is 1. The molecule has 0 aromatic carbocycles. The molecule has 2 N–H and O–H groups in total. The van der Waals surface area contributed by atoms with Crippen LogP contribution in [0.15, 0.2) is 18.5 Å². The molecule has 0 radical (unpaired) electrons. The van der Waals surface area contributed by atoms with E-state index in [0.717, 1.165) is 0 Å². The summed E-state index contributed by atoms with van der Waals surface area (Å²) in [5, 5.41) is 18.4. The van der Waals surface area contributed by atoms with E-state index >= 15 is 0 Å². The van der Waals surface area contributed by atoms with Gasteiger partial charge in [-0.15, -0.1) is 0 Å². The van der Waals surface area contributed by atoms with Gasteiger partial charge >= 0.3 is 5.97 Å². The summed E-state index contributed by atoms with van der Waals surface area (Å²) in [6, 6.07) is 1.60. The predicted octanol–water partition coefficient (Wildman–Crippen LogP) is -0.176. The lowest BCUT2D eigenvalue weighted by Crippen LogP contribution is -2.28. The Hall–Kier alpha value is -1.53. The molecule has 0 aliphatic heterocycles. The van der Waals surface area contributed by atoms with Crippen molar-refractivity contribution in [3.63, 3.8) is 0 Å². The van der Waals surface area contributed by atoms with Crippen molar-refractivity contribution in [3.8, 4) is 0 Å². The summed E-state index contributed by atoms with van der Waals surface area (Å²) in [6.45, 7) is 1.11. The van der Waals surface area contributed by atoms with Crippen molar-refractivity contribution in [2.75, 3.05) is 6.61 Å². The molecule has 1 aromatic rings. The van der Waals surface area contributed by atoms with Crippen molar-refractivity contribution >= 4 is 5.97 Å². The number of ether oxygens (including phenoxy) is 1. The Balaban J connectivity index is 2.83. The molecule has 0 amide bonds. The Bertz CT molecular complexity index is 331. The third kappa shape index (κ3) is 3.25. The predicted molar refractivity (Wildman–Crippen MR) is 54.2 cm³/mol. The second kappa shape index (κ2) is 6.14. The number of hydrogen-bond donors (Lipinski definition) is 2. The van der Waals surface area contributed by atoms with Gasteiger partial charge < -0.3 is 14.9 Å². The Morgan fingerprint density at radius 3 is 2.62 bits per heavy atom. The summed E-state index contributed by atoms with van der Waals surface area (Å²) in [7, 11) is 0. The number of aliphatic hydroxyl groups is 2. The van der Waals surface area contributed by atoms with Gasteiger partial charge in [0.2, 0.25) is 0 Å². The standard InChI is InChI=1S/C10H14N2O4/c1-2-8(15)16-9(7(14)6-13)10-11-4-3-5-12-10/h3-5,7,9,13-14H,2,6H2,1H3. The van der Waals surface area contributed by atoms with Crippen molar-refractivity contribution in [2.24, 2.45) is 0 Å². The van der Waals surface area contributed by atoms with E-state index in [1.807, 2.05) is 0 Å². The van der Waals surface area contributed by atoms with Crippen LogP contribution < -0.4 is 0 Å². The number of esters is 1. The van der Waals surface area contributed by atoms with Gasteiger partial charge in [-0.3, -0.25) is 4.79 Å². The second-order valence-electron chi connectivity index (χ2n) is 3.12. The van der Waals surface area contributed by atoms with Crippen LogP contribution in [0.1, 0.15) is 25.3 Å². The molecule has 1 rings (SSSR count). The molecule has 1 aromatic heterocycles. The first-order chi connectivity index (χ1) is 7.69. The number of rotatable bonds is 5. The molecule has 88 valence electrons. The lowest BCUT2D eigenvalue weighted by atomic mass is 10.2. The van der Waals surface area contributed by atoms with E-state index in [0.29, 0.717) is 0 Å². The molecule has 0 saturated heterocycles. The Morgan fingerprint density at radius 1 is 1.50 bits per heavy atom. The maximum atomic E-state index is 11.1. The van der Waals surface area contributed by atoms with Gasteiger partial charge in [-0.2, -0.15) is 0 Å². The molecule has 0 aliphatic carbocycles. The average molecular weight is 226 g/mol. The molecule has 0 bridgehead atoms. The summed E-state index contributed by atoms with van der Waals surface area (Å²) in [5.74, 6) is -0.309. The highest BCUT2D eigenvalue weighted by atomic mass is 16.6. The van der Waals surface area contributed by atoms with Crippen LogP contribution in [0, 0.1) is 0 Å². The van der Waals surface area contributed by atoms with Crippen molar-refractivity contribution in [1.29, 1.82) is 0 Å². The molecule has 1 heterocycles. The van der Waals surface area contributed by atoms with Crippen LogP contribution in [-0.4, -0.2) is 38.9 Å². The lowest BCUT2D eigenvalue weighted by molar-refractivity contribution is -0.157. The maximum Gasteiger partial charge on any atom is 0.306 e. The molecule has 16 heavy (non-hydrogen) atoms. The minimum absolute atomic E-state index is 0.172. The van der Waals surface area contributed by atoms with E-state index in [1.54, 1.807) is 13.0 Å². The van der Waals surface area contributed by atoms with Gasteiger partial charge in [-0.05, 0) is 6.07 Å². The van der Waals surface area contributed by atoms with Gasteiger partial charge in [0.25, 0.3) is 0 Å². The van der Waals surface area contributed by atoms with Crippen LogP contribution in [0.25, 0.3) is 0 Å². The Kier molecular flexibility index (Phi) is 4.81. The minimum atomic E-state index is -1.22. The topological polar surface area (TPSA) is 92.5 Å². The summed E-state index contributed by atoms with van der Waals surface area (Å²) in [5.41, 5.74) is 0. The fraction of sp³-hybridized carbons (Fsp3) is 0.500. The smallest absolute Gasteiger partial charge is 0.306 e. The molecule has 6 heteroatoms. The van der Waals surface area contributed by atoms with E-state index in [2.05, 4.69) is 9.97 Å². The minimum Gasteiger partial charge on any atom is -0.451 e. The molecular formula is C10H14N2O4. The lowest BCUT2D eigenvalue weighted by Gasteiger charge is -2.19. The molecule has 0 fully saturated rings. The number of nitrogens with zero attached hydrogens (tertiary/aromatic N) is 2. The normalized spacial score (nSPS) is 14.2. The van der Waals surface area contributed by atoms with Crippen LogP contribution in [0.5, 0.6) is 0 Å². The first-order valence-corrected chi connectivity index (χ1v) is 4.94. The zero-order chi connectivity index (χ0) is 12.0. The summed E-state index contributed by atoms with van der Waals surface area (Å²) >= 11 is 0. The fourth-order valence-corrected chi connectivity index (χ4v) is 1.08. The summed E-state index contributed by atoms with van der Waals surface area (Å²) < 4.78 is 4.96. The van der Waals surface area contributed by atoms with Crippen molar-refractivity contribution in [1.82, 2.24) is 9.97 Å². The van der Waals surface area contributed by atoms with E-state index < -0.39 is 24.8 Å². The third-order valence-electron chi connectivity index (χ3n) is 1.92. The van der Waals surface area contributed by atoms with E-state index in [4.69, 9.17) is 9.84 Å². The highest BCUT2D eigenvalue weighted by molar-refractivity contribution is 5.69. The number of aliphatic hydroxyl groups excluding tert-OH is 2. The molecule has 6 nitrogen and oxygen atoms in total.